The van der Waals surface area contributed by atoms with Crippen molar-refractivity contribution in [2.75, 3.05) is 48.1 Å². The maximum absolute atomic E-state index is 13.4. The maximum atomic E-state index is 13.4. The van der Waals surface area contributed by atoms with Gasteiger partial charge in [0.15, 0.2) is 29.8 Å². The van der Waals surface area contributed by atoms with Crippen molar-refractivity contribution in [2.45, 2.75) is 69.7 Å². The van der Waals surface area contributed by atoms with E-state index in [0.717, 1.165) is 38.9 Å². The van der Waals surface area contributed by atoms with Gasteiger partial charge in [0.25, 0.3) is 0 Å². The molecule has 0 radical (unpaired) electrons. The van der Waals surface area contributed by atoms with Gasteiger partial charge in [0, 0.05) is 47.9 Å². The summed E-state index contributed by atoms with van der Waals surface area (Å²) in [5.74, 6) is 2.90. The highest BCUT2D eigenvalue weighted by Gasteiger charge is 2.57. The number of aryl methyl sites for hydroxylation is 2. The summed E-state index contributed by atoms with van der Waals surface area (Å²) >= 11 is 0. The first-order valence-electron chi connectivity index (χ1n) is 17.4. The summed E-state index contributed by atoms with van der Waals surface area (Å²) in [6.07, 6.45) is 3.66. The molecule has 11 nitrogen and oxygen atoms in total. The van der Waals surface area contributed by atoms with Gasteiger partial charge in [0.1, 0.15) is 25.0 Å². The number of likely N-dealkylation sites (N-methyl/N-ethyl adjacent to an activating group) is 1. The summed E-state index contributed by atoms with van der Waals surface area (Å²) in [6.45, 7) is 8.29. The molecule has 2 unspecified atom stereocenters. The van der Waals surface area contributed by atoms with Gasteiger partial charge < -0.3 is 33.2 Å². The van der Waals surface area contributed by atoms with Gasteiger partial charge >= 0.3 is 5.97 Å². The molecule has 268 valence electrons. The van der Waals surface area contributed by atoms with E-state index in [4.69, 9.17) is 33.2 Å². The minimum atomic E-state index is -0.534. The predicted octanol–water partition coefficient (Wildman–Crippen LogP) is 5.54. The van der Waals surface area contributed by atoms with Gasteiger partial charge in [-0.25, -0.2) is 0 Å². The van der Waals surface area contributed by atoms with Crippen LogP contribution >= 0.6 is 0 Å². The molecule has 11 heteroatoms. The normalized spacial score (nSPS) is 22.9. The topological polar surface area (TPSA) is 112 Å². The summed E-state index contributed by atoms with van der Waals surface area (Å²) in [5, 5.41) is 11.0. The van der Waals surface area contributed by atoms with Gasteiger partial charge in [0.05, 0.1) is 25.3 Å². The van der Waals surface area contributed by atoms with Gasteiger partial charge in [0.2, 0.25) is 6.79 Å². The third-order valence-corrected chi connectivity index (χ3v) is 10.8. The molecule has 7 rings (SSSR count). The summed E-state index contributed by atoms with van der Waals surface area (Å²) < 4.78 is 42.4. The lowest BCUT2D eigenvalue weighted by atomic mass is 9.71. The van der Waals surface area contributed by atoms with E-state index in [9.17, 15) is 10.1 Å². The number of ether oxygens (including phenoxy) is 7. The third kappa shape index (κ3) is 5.95. The minimum absolute atomic E-state index is 0.0231. The fourth-order valence-electron chi connectivity index (χ4n) is 8.70. The van der Waals surface area contributed by atoms with E-state index in [0.29, 0.717) is 54.6 Å². The van der Waals surface area contributed by atoms with Crippen LogP contribution in [0.5, 0.6) is 28.7 Å². The smallest absolute Gasteiger partial charge is 0.306 e. The average Bonchev–Trinajstić information content (AvgIpc) is 3.63. The molecule has 4 aliphatic heterocycles. The first kappa shape index (κ1) is 34.7. The first-order valence-corrected chi connectivity index (χ1v) is 17.4. The number of esters is 1. The Morgan fingerprint density at radius 3 is 2.55 bits per heavy atom. The zero-order valence-electron chi connectivity index (χ0n) is 29.9. The lowest BCUT2D eigenvalue weighted by Crippen LogP contribution is -2.68. The second-order valence-electron chi connectivity index (χ2n) is 13.5. The van der Waals surface area contributed by atoms with Gasteiger partial charge in [-0.05, 0) is 56.8 Å². The van der Waals surface area contributed by atoms with E-state index in [2.05, 4.69) is 35.6 Å². The molecule has 3 aromatic rings. The summed E-state index contributed by atoms with van der Waals surface area (Å²) in [6, 6.07) is 13.0. The molecule has 5 atom stereocenters. The number of rotatable bonds is 12. The van der Waals surface area contributed by atoms with Gasteiger partial charge in [-0.15, -0.1) is 0 Å². The lowest BCUT2D eigenvalue weighted by Gasteiger charge is -2.60. The summed E-state index contributed by atoms with van der Waals surface area (Å²) in [5.41, 5.74) is 6.75. The predicted molar refractivity (Wildman–Crippen MR) is 188 cm³/mol. The number of hydrogen-bond donors (Lipinski definition) is 0. The molecule has 4 heterocycles. The molecule has 0 aliphatic carbocycles. The van der Waals surface area contributed by atoms with Crippen LogP contribution in [0.2, 0.25) is 0 Å². The largest absolute Gasteiger partial charge is 0.493 e. The molecule has 1 saturated heterocycles. The third-order valence-electron chi connectivity index (χ3n) is 10.8. The van der Waals surface area contributed by atoms with E-state index in [1.807, 2.05) is 44.2 Å². The Hall–Kier alpha value is -4.76. The Morgan fingerprint density at radius 1 is 1.04 bits per heavy atom. The van der Waals surface area contributed by atoms with Crippen LogP contribution in [0.4, 0.5) is 0 Å². The summed E-state index contributed by atoms with van der Waals surface area (Å²) in [4.78, 5) is 18.0. The molecule has 51 heavy (non-hydrogen) atoms. The molecular weight excluding hydrogens is 650 g/mol. The number of piperazine rings is 1. The first-order chi connectivity index (χ1) is 24.8. The fourth-order valence-corrected chi connectivity index (χ4v) is 8.70. The number of benzene rings is 3. The Kier molecular flexibility index (Phi) is 9.84. The van der Waals surface area contributed by atoms with Crippen LogP contribution in [0.3, 0.4) is 0 Å². The Balaban J connectivity index is 1.37. The van der Waals surface area contributed by atoms with Crippen molar-refractivity contribution in [2.24, 2.45) is 0 Å². The van der Waals surface area contributed by atoms with Crippen molar-refractivity contribution in [3.05, 3.63) is 88.0 Å². The van der Waals surface area contributed by atoms with Gasteiger partial charge in [-0.3, -0.25) is 14.6 Å². The zero-order chi connectivity index (χ0) is 35.8. The summed E-state index contributed by atoms with van der Waals surface area (Å²) in [7, 11) is 5.33. The van der Waals surface area contributed by atoms with Crippen molar-refractivity contribution >= 4 is 5.97 Å². The molecular formula is C40H45N3O8. The Bertz CT molecular complexity index is 1860. The van der Waals surface area contributed by atoms with E-state index in [1.54, 1.807) is 20.3 Å². The molecule has 0 saturated carbocycles. The van der Waals surface area contributed by atoms with Crippen LogP contribution in [0, 0.1) is 25.2 Å². The molecule has 0 spiro atoms. The lowest BCUT2D eigenvalue weighted by molar-refractivity contribution is -0.149. The number of hydrogen-bond acceptors (Lipinski definition) is 11. The highest BCUT2D eigenvalue weighted by Crippen LogP contribution is 2.58. The van der Waals surface area contributed by atoms with E-state index >= 15 is 0 Å². The standard InChI is InChI=1S/C40H45N3O8/c1-7-15-47-37-24(3)38-40(51-22-50-38)34-27(37)18-29-35-33-26(16-23(2)36(46-6)39(33)49-21-45-5)17-28(42(35)4)30(19-41)43(29)31(34)20-48-32(44)14-13-25-11-9-8-10-12-25/h7-12,16,28-31,35H,1,13-15,17-18,20-22H2,2-6H3/t28-,29?,30?,31+,35-/m1/s1. The molecule has 3 aromatic carbocycles. The molecule has 4 aliphatic rings. The van der Waals surface area contributed by atoms with Gasteiger partial charge in [-0.1, -0.05) is 49.1 Å². The van der Waals surface area contributed by atoms with E-state index in [1.165, 1.54) is 0 Å². The van der Waals surface area contributed by atoms with Crippen molar-refractivity contribution in [3.63, 3.8) is 0 Å². The Labute approximate surface area is 299 Å². The highest BCUT2D eigenvalue weighted by molar-refractivity contribution is 5.70. The van der Waals surface area contributed by atoms with Crippen LogP contribution in [0.15, 0.2) is 49.1 Å². The highest BCUT2D eigenvalue weighted by atomic mass is 16.7. The van der Waals surface area contributed by atoms with Crippen molar-refractivity contribution in [1.82, 2.24) is 9.80 Å². The zero-order valence-corrected chi connectivity index (χ0v) is 29.9. The number of methoxy groups -OCH3 is 2. The van der Waals surface area contributed by atoms with Crippen LogP contribution in [-0.2, 0) is 33.5 Å². The minimum Gasteiger partial charge on any atom is -0.493 e. The van der Waals surface area contributed by atoms with Crippen LogP contribution in [-0.4, -0.2) is 82.0 Å². The van der Waals surface area contributed by atoms with E-state index < -0.39 is 12.1 Å². The molecule has 0 N–H and O–H groups in total. The Morgan fingerprint density at radius 2 is 1.82 bits per heavy atom. The monoisotopic (exact) mass is 695 g/mol. The maximum Gasteiger partial charge on any atom is 0.306 e. The molecule has 0 amide bonds. The van der Waals surface area contributed by atoms with Crippen molar-refractivity contribution in [1.29, 1.82) is 5.26 Å². The number of carbonyl (C=O) groups excluding carboxylic acids is 1. The number of carbonyl (C=O) groups is 1. The molecule has 0 aromatic heterocycles. The van der Waals surface area contributed by atoms with Crippen molar-refractivity contribution in [3.8, 4) is 34.8 Å². The molecule has 2 bridgehead atoms. The van der Waals surface area contributed by atoms with Crippen molar-refractivity contribution < 1.29 is 38.0 Å². The quantitative estimate of drug-likeness (QED) is 0.135. The van der Waals surface area contributed by atoms with Gasteiger partial charge in [-0.2, -0.15) is 5.26 Å². The fraction of sp³-hybridized carbons (Fsp3) is 0.450. The van der Waals surface area contributed by atoms with Crippen LogP contribution in [0.1, 0.15) is 57.4 Å². The average molecular weight is 696 g/mol. The second kappa shape index (κ2) is 14.5. The number of nitriles is 1. The number of nitrogens with zero attached hydrogens (tertiary/aromatic N) is 3. The SMILES string of the molecule is C=CCOc1c(C)c2c(c3c1CC1[C@@H]4c5c(cc(C)c(OC)c5OCOC)C[C@H](C(C#N)N1[C@H]3COC(=O)CCc1ccccc1)N4C)OCO2. The number of fused-ring (bicyclic) bond motifs is 9. The van der Waals surface area contributed by atoms with Crippen LogP contribution in [0.25, 0.3) is 0 Å². The molecule has 1 fully saturated rings. The van der Waals surface area contributed by atoms with Crippen LogP contribution < -0.4 is 23.7 Å². The second-order valence-corrected chi connectivity index (χ2v) is 13.5. The van der Waals surface area contributed by atoms with E-state index in [-0.39, 0.29) is 50.7 Å².